The van der Waals surface area contributed by atoms with E-state index in [0.717, 1.165) is 23.5 Å². The van der Waals surface area contributed by atoms with E-state index in [2.05, 4.69) is 13.8 Å². The van der Waals surface area contributed by atoms with Gasteiger partial charge < -0.3 is 4.90 Å². The molecule has 2 heterocycles. The van der Waals surface area contributed by atoms with Crippen molar-refractivity contribution in [2.75, 3.05) is 17.2 Å². The van der Waals surface area contributed by atoms with Crippen molar-refractivity contribution in [3.8, 4) is 0 Å². The van der Waals surface area contributed by atoms with Crippen LogP contribution in [-0.2, 0) is 16.0 Å². The number of fused-ring (bicyclic) bond motifs is 1. The Morgan fingerprint density at radius 1 is 1.23 bits per heavy atom. The predicted octanol–water partition coefficient (Wildman–Crippen LogP) is 2.32. The molecule has 0 unspecified atom stereocenters. The highest BCUT2D eigenvalue weighted by Gasteiger charge is 2.41. The van der Waals surface area contributed by atoms with E-state index in [-0.39, 0.29) is 23.9 Å². The minimum Gasteiger partial charge on any atom is -0.336 e. The standard InChI is InChI=1S/C17H22N2O2S/c1-11-12(2)22-9-8-18(11)17(21)16-10-14-6-4-5-7-15(14)19(16)13(3)20/h4-7,11-12,16H,8-10H2,1-3H3/t11-,12+,16-/m0/s1. The molecular formula is C17H22N2O2S. The zero-order chi connectivity index (χ0) is 15.9. The maximum Gasteiger partial charge on any atom is 0.246 e. The van der Waals surface area contributed by atoms with Crippen molar-refractivity contribution in [2.24, 2.45) is 0 Å². The molecule has 1 aromatic carbocycles. The number of rotatable bonds is 1. The van der Waals surface area contributed by atoms with E-state index in [1.165, 1.54) is 0 Å². The summed E-state index contributed by atoms with van der Waals surface area (Å²) in [7, 11) is 0. The molecule has 4 nitrogen and oxygen atoms in total. The number of anilines is 1. The van der Waals surface area contributed by atoms with Crippen LogP contribution in [0.4, 0.5) is 5.69 Å². The Hall–Kier alpha value is -1.49. The smallest absolute Gasteiger partial charge is 0.246 e. The lowest BCUT2D eigenvalue weighted by Gasteiger charge is -2.40. The van der Waals surface area contributed by atoms with Crippen molar-refractivity contribution in [1.29, 1.82) is 0 Å². The summed E-state index contributed by atoms with van der Waals surface area (Å²) in [5, 5.41) is 0.437. The topological polar surface area (TPSA) is 40.6 Å². The van der Waals surface area contributed by atoms with Gasteiger partial charge in [0.05, 0.1) is 0 Å². The summed E-state index contributed by atoms with van der Waals surface area (Å²) in [5.74, 6) is 0.998. The Balaban J connectivity index is 1.88. The van der Waals surface area contributed by atoms with Crippen molar-refractivity contribution in [2.45, 2.75) is 44.5 Å². The van der Waals surface area contributed by atoms with Crippen LogP contribution in [0.1, 0.15) is 26.3 Å². The summed E-state index contributed by atoms with van der Waals surface area (Å²) >= 11 is 1.91. The van der Waals surface area contributed by atoms with Crippen LogP contribution < -0.4 is 4.90 Å². The molecule has 0 radical (unpaired) electrons. The second-order valence-corrected chi connectivity index (χ2v) is 7.57. The fraction of sp³-hybridized carbons (Fsp3) is 0.529. The minimum atomic E-state index is -0.382. The van der Waals surface area contributed by atoms with Crippen LogP contribution in [0.2, 0.25) is 0 Å². The first-order chi connectivity index (χ1) is 10.5. The third-order valence-electron chi connectivity index (χ3n) is 4.77. The number of thioether (sulfide) groups is 1. The number of benzene rings is 1. The first-order valence-corrected chi connectivity index (χ1v) is 8.85. The molecule has 2 aliphatic heterocycles. The molecule has 0 aliphatic carbocycles. The van der Waals surface area contributed by atoms with E-state index in [9.17, 15) is 9.59 Å². The minimum absolute atomic E-state index is 0.0598. The fourth-order valence-corrected chi connectivity index (χ4v) is 4.51. The van der Waals surface area contributed by atoms with E-state index in [1.807, 2.05) is 40.9 Å². The molecule has 22 heavy (non-hydrogen) atoms. The molecule has 1 aromatic rings. The quantitative estimate of drug-likeness (QED) is 0.798. The molecule has 3 rings (SSSR count). The Morgan fingerprint density at radius 2 is 1.95 bits per heavy atom. The van der Waals surface area contributed by atoms with Gasteiger partial charge in [-0.25, -0.2) is 0 Å². The van der Waals surface area contributed by atoms with Crippen LogP contribution in [0.25, 0.3) is 0 Å². The van der Waals surface area contributed by atoms with Crippen molar-refractivity contribution in [3.05, 3.63) is 29.8 Å². The van der Waals surface area contributed by atoms with Crippen LogP contribution >= 0.6 is 11.8 Å². The Morgan fingerprint density at radius 3 is 2.68 bits per heavy atom. The molecular weight excluding hydrogens is 296 g/mol. The monoisotopic (exact) mass is 318 g/mol. The van der Waals surface area contributed by atoms with Crippen LogP contribution in [0.5, 0.6) is 0 Å². The van der Waals surface area contributed by atoms with Gasteiger partial charge in [0, 0.05) is 42.6 Å². The highest BCUT2D eigenvalue weighted by Crippen LogP contribution is 2.34. The number of para-hydroxylation sites is 1. The number of amides is 2. The van der Waals surface area contributed by atoms with Gasteiger partial charge in [0.1, 0.15) is 6.04 Å². The Bertz CT molecular complexity index is 604. The van der Waals surface area contributed by atoms with Crippen LogP contribution in [-0.4, -0.2) is 46.3 Å². The highest BCUT2D eigenvalue weighted by atomic mass is 32.2. The van der Waals surface area contributed by atoms with Crippen molar-refractivity contribution < 1.29 is 9.59 Å². The van der Waals surface area contributed by atoms with Gasteiger partial charge in [-0.15, -0.1) is 0 Å². The molecule has 1 fully saturated rings. The van der Waals surface area contributed by atoms with E-state index < -0.39 is 0 Å². The molecule has 2 amide bonds. The Kier molecular flexibility index (Phi) is 4.17. The first-order valence-electron chi connectivity index (χ1n) is 7.80. The molecule has 118 valence electrons. The van der Waals surface area contributed by atoms with Gasteiger partial charge in [-0.3, -0.25) is 14.5 Å². The van der Waals surface area contributed by atoms with Gasteiger partial charge >= 0.3 is 0 Å². The zero-order valence-electron chi connectivity index (χ0n) is 13.3. The van der Waals surface area contributed by atoms with Crippen molar-refractivity contribution >= 4 is 29.3 Å². The average molecular weight is 318 g/mol. The molecule has 1 saturated heterocycles. The molecule has 0 saturated carbocycles. The van der Waals surface area contributed by atoms with Gasteiger partial charge in [0.2, 0.25) is 11.8 Å². The second-order valence-electron chi connectivity index (χ2n) is 6.09. The molecule has 0 aromatic heterocycles. The SMILES string of the molecule is CC(=O)N1c2ccccc2C[C@H]1C(=O)N1CCS[C@H](C)[C@@H]1C. The van der Waals surface area contributed by atoms with Gasteiger partial charge in [0.25, 0.3) is 0 Å². The lowest BCUT2D eigenvalue weighted by Crippen LogP contribution is -2.55. The van der Waals surface area contributed by atoms with Gasteiger partial charge in [-0.1, -0.05) is 25.1 Å². The van der Waals surface area contributed by atoms with E-state index in [4.69, 9.17) is 0 Å². The third-order valence-corrected chi connectivity index (χ3v) is 6.11. The third kappa shape index (κ3) is 2.51. The van der Waals surface area contributed by atoms with Crippen molar-refractivity contribution in [1.82, 2.24) is 4.90 Å². The van der Waals surface area contributed by atoms with Crippen molar-refractivity contribution in [3.63, 3.8) is 0 Å². The lowest BCUT2D eigenvalue weighted by molar-refractivity contribution is -0.135. The van der Waals surface area contributed by atoms with E-state index >= 15 is 0 Å². The van der Waals surface area contributed by atoms with Crippen LogP contribution in [0.3, 0.4) is 0 Å². The molecule has 2 aliphatic rings. The highest BCUT2D eigenvalue weighted by molar-refractivity contribution is 8.00. The summed E-state index contributed by atoms with van der Waals surface area (Å²) < 4.78 is 0. The second kappa shape index (κ2) is 5.95. The van der Waals surface area contributed by atoms with Gasteiger partial charge in [-0.05, 0) is 18.6 Å². The number of hydrogen-bond acceptors (Lipinski definition) is 3. The first kappa shape index (κ1) is 15.4. The summed E-state index contributed by atoms with van der Waals surface area (Å²) in [5.41, 5.74) is 1.98. The molecule has 0 N–H and O–H groups in total. The van der Waals surface area contributed by atoms with E-state index in [0.29, 0.717) is 11.7 Å². The number of nitrogens with zero attached hydrogens (tertiary/aromatic N) is 2. The lowest BCUT2D eigenvalue weighted by atomic mass is 10.1. The normalized spacial score (nSPS) is 27.7. The number of carbonyl (C=O) groups is 2. The average Bonchev–Trinajstić information content (AvgIpc) is 2.89. The molecule has 3 atom stereocenters. The Labute approximate surface area is 135 Å². The van der Waals surface area contributed by atoms with E-state index in [1.54, 1.807) is 11.8 Å². The number of hydrogen-bond donors (Lipinski definition) is 0. The summed E-state index contributed by atoms with van der Waals surface area (Å²) in [6.07, 6.45) is 0.624. The largest absolute Gasteiger partial charge is 0.336 e. The molecule has 0 bridgehead atoms. The maximum atomic E-state index is 13.1. The van der Waals surface area contributed by atoms with Crippen LogP contribution in [0, 0.1) is 0 Å². The molecule has 0 spiro atoms. The predicted molar refractivity (Wildman–Crippen MR) is 90.2 cm³/mol. The molecule has 5 heteroatoms. The summed E-state index contributed by atoms with van der Waals surface area (Å²) in [6, 6.07) is 7.66. The number of carbonyl (C=O) groups excluding carboxylic acids is 2. The fourth-order valence-electron chi connectivity index (χ4n) is 3.41. The van der Waals surface area contributed by atoms with Gasteiger partial charge in [-0.2, -0.15) is 11.8 Å². The summed E-state index contributed by atoms with van der Waals surface area (Å²) in [4.78, 5) is 28.8. The zero-order valence-corrected chi connectivity index (χ0v) is 14.1. The summed E-state index contributed by atoms with van der Waals surface area (Å²) in [6.45, 7) is 6.59. The van der Waals surface area contributed by atoms with Gasteiger partial charge in [0.15, 0.2) is 0 Å². The van der Waals surface area contributed by atoms with Crippen LogP contribution in [0.15, 0.2) is 24.3 Å². The maximum absolute atomic E-state index is 13.1.